The quantitative estimate of drug-likeness (QED) is 0.363. The molecule has 0 saturated carbocycles. The fraction of sp³-hybridized carbons (Fsp3) is 1.00. The maximum Gasteiger partial charge on any atom is 0.00461 e. The molecule has 10 N–H and O–H groups in total. The van der Waals surface area contributed by atoms with Crippen LogP contribution in [0.3, 0.4) is 0 Å². The smallest absolute Gasteiger partial charge is 0.00461 e. The van der Waals surface area contributed by atoms with Crippen molar-refractivity contribution in [1.82, 2.24) is 0 Å². The predicted molar refractivity (Wildman–Crippen MR) is 29.0 cm³/mol. The molecule has 0 aromatic heterocycles. The lowest BCUT2D eigenvalue weighted by Gasteiger charge is -1.72. The minimum absolute atomic E-state index is 0. The normalized spacial score (nSPS) is 4.29. The van der Waals surface area contributed by atoms with Gasteiger partial charge in [0.15, 0.2) is 0 Å². The molecule has 0 rings (SSSR count). The molecule has 0 aromatic rings. The molecule has 0 aliphatic rings. The van der Waals surface area contributed by atoms with E-state index in [9.17, 15) is 0 Å². The van der Waals surface area contributed by atoms with Gasteiger partial charge in [-0.25, -0.2) is 0 Å². The molecule has 5 nitrogen and oxygen atoms in total. The van der Waals surface area contributed by atoms with Crippen molar-refractivity contribution in [2.45, 2.75) is 0 Å². The second-order valence-corrected chi connectivity index (χ2v) is 0.577. The lowest BCUT2D eigenvalue weighted by molar-refractivity contribution is 0.823. The van der Waals surface area contributed by atoms with Crippen LogP contribution in [0.1, 0.15) is 0 Å². The van der Waals surface area contributed by atoms with E-state index >= 15 is 0 Å². The van der Waals surface area contributed by atoms with Gasteiger partial charge in [0.05, 0.1) is 0 Å². The Morgan fingerprint density at radius 1 is 0.714 bits per heavy atom. The summed E-state index contributed by atoms with van der Waals surface area (Å²) in [7, 11) is 0. The number of nitrogens with two attached hydrogens (primary N) is 2. The van der Waals surface area contributed by atoms with Gasteiger partial charge in [0, 0.05) is 13.1 Å². The summed E-state index contributed by atoms with van der Waals surface area (Å²) in [6, 6.07) is 0. The monoisotopic (exact) mass is 114 g/mol. The molecule has 0 fully saturated rings. The molecule has 5 heteroatoms. The Bertz CT molecular complexity index is 12.9. The summed E-state index contributed by atoms with van der Waals surface area (Å²) in [5, 5.41) is 0. The third-order valence-corrected chi connectivity index (χ3v) is 0.167. The van der Waals surface area contributed by atoms with E-state index in [1.54, 1.807) is 0 Å². The van der Waals surface area contributed by atoms with E-state index in [1.807, 2.05) is 0 Å². The van der Waals surface area contributed by atoms with Crippen molar-refractivity contribution < 1.29 is 16.4 Å². The second kappa shape index (κ2) is 41.2. The molecule has 0 amide bonds. The first-order chi connectivity index (χ1) is 1.91. The topological polar surface area (TPSA) is 147 Å². The van der Waals surface area contributed by atoms with Crippen molar-refractivity contribution in [3.63, 3.8) is 0 Å². The highest BCUT2D eigenvalue weighted by Gasteiger charge is 1.54. The fourth-order valence-electron chi connectivity index (χ4n) is 0. The van der Waals surface area contributed by atoms with Gasteiger partial charge in [-0.2, -0.15) is 0 Å². The second-order valence-electron chi connectivity index (χ2n) is 0.577. The van der Waals surface area contributed by atoms with Crippen LogP contribution in [0.5, 0.6) is 0 Å². The van der Waals surface area contributed by atoms with Crippen LogP contribution in [0.25, 0.3) is 0 Å². The number of rotatable bonds is 1. The minimum Gasteiger partial charge on any atom is -0.412 e. The average Bonchev–Trinajstić information content (AvgIpc) is 1.37. The maximum absolute atomic E-state index is 4.90. The highest BCUT2D eigenvalue weighted by atomic mass is 16.0. The summed E-state index contributed by atoms with van der Waals surface area (Å²) < 4.78 is 0. The van der Waals surface area contributed by atoms with Gasteiger partial charge in [-0.1, -0.05) is 0 Å². The first kappa shape index (κ1) is 29.2. The molecule has 0 saturated heterocycles. The zero-order valence-electron chi connectivity index (χ0n) is 4.07. The molecule has 0 unspecified atom stereocenters. The maximum atomic E-state index is 4.90. The molecule has 7 heavy (non-hydrogen) atoms. The van der Waals surface area contributed by atoms with E-state index in [1.165, 1.54) is 0 Å². The first-order valence-electron chi connectivity index (χ1n) is 1.32. The fourth-order valence-corrected chi connectivity index (χ4v) is 0. The van der Waals surface area contributed by atoms with Crippen LogP contribution < -0.4 is 11.5 Å². The van der Waals surface area contributed by atoms with Gasteiger partial charge in [-0.15, -0.1) is 0 Å². The molecule has 0 bridgehead atoms. The molecule has 0 heterocycles. The van der Waals surface area contributed by atoms with Crippen LogP contribution in [-0.4, -0.2) is 29.5 Å². The van der Waals surface area contributed by atoms with Crippen LogP contribution in [0.4, 0.5) is 0 Å². The Morgan fingerprint density at radius 3 is 0.857 bits per heavy atom. The molecule has 0 aliphatic carbocycles. The summed E-state index contributed by atoms with van der Waals surface area (Å²) in [5.74, 6) is 0. The highest BCUT2D eigenvalue weighted by molar-refractivity contribution is 4.26. The molecule has 0 aromatic carbocycles. The highest BCUT2D eigenvalue weighted by Crippen LogP contribution is 1.24. The van der Waals surface area contributed by atoms with Gasteiger partial charge < -0.3 is 27.9 Å². The van der Waals surface area contributed by atoms with E-state index in [2.05, 4.69) is 0 Å². The van der Waals surface area contributed by atoms with Crippen molar-refractivity contribution in [3.05, 3.63) is 0 Å². The van der Waals surface area contributed by atoms with E-state index in [-0.39, 0.29) is 16.4 Å². The van der Waals surface area contributed by atoms with Gasteiger partial charge in [0.2, 0.25) is 0 Å². The molecular weight excluding hydrogens is 100 g/mol. The summed E-state index contributed by atoms with van der Waals surface area (Å²) in [5.41, 5.74) is 9.81. The van der Waals surface area contributed by atoms with Crippen LogP contribution in [0, 0.1) is 0 Å². The van der Waals surface area contributed by atoms with Gasteiger partial charge in [-0.3, -0.25) is 0 Å². The van der Waals surface area contributed by atoms with Gasteiger partial charge >= 0.3 is 0 Å². The predicted octanol–water partition coefficient (Wildman–Crippen LogP) is -3.57. The zero-order chi connectivity index (χ0) is 3.41. The average molecular weight is 114 g/mol. The Hall–Kier alpha value is -0.200. The number of hydrogen-bond donors (Lipinski definition) is 2. The summed E-state index contributed by atoms with van der Waals surface area (Å²) >= 11 is 0. The Morgan fingerprint density at radius 2 is 0.857 bits per heavy atom. The van der Waals surface area contributed by atoms with Crippen molar-refractivity contribution in [3.8, 4) is 0 Å². The molecule has 0 aliphatic heterocycles. The van der Waals surface area contributed by atoms with Crippen molar-refractivity contribution in [2.75, 3.05) is 13.1 Å². The molecule has 0 atom stereocenters. The van der Waals surface area contributed by atoms with Crippen LogP contribution in [0.2, 0.25) is 0 Å². The lowest BCUT2D eigenvalue weighted by atomic mass is 10.7. The SMILES string of the molecule is NCCN.O.O.O. The van der Waals surface area contributed by atoms with Gasteiger partial charge in [-0.05, 0) is 0 Å². The van der Waals surface area contributed by atoms with Crippen LogP contribution in [0.15, 0.2) is 0 Å². The molecule has 50 valence electrons. The van der Waals surface area contributed by atoms with Crippen molar-refractivity contribution >= 4 is 0 Å². The van der Waals surface area contributed by atoms with Crippen LogP contribution in [-0.2, 0) is 0 Å². The number of hydrogen-bond acceptors (Lipinski definition) is 2. The molecule has 0 radical (unpaired) electrons. The van der Waals surface area contributed by atoms with Crippen molar-refractivity contribution in [1.29, 1.82) is 0 Å². The Labute approximate surface area is 42.2 Å². The van der Waals surface area contributed by atoms with Crippen LogP contribution >= 0.6 is 0 Å². The van der Waals surface area contributed by atoms with E-state index in [0.717, 1.165) is 0 Å². The van der Waals surface area contributed by atoms with Gasteiger partial charge in [0.1, 0.15) is 0 Å². The third-order valence-electron chi connectivity index (χ3n) is 0.167. The summed E-state index contributed by atoms with van der Waals surface area (Å²) in [4.78, 5) is 0. The third kappa shape index (κ3) is 131. The van der Waals surface area contributed by atoms with Gasteiger partial charge in [0.25, 0.3) is 0 Å². The van der Waals surface area contributed by atoms with Crippen molar-refractivity contribution in [2.24, 2.45) is 11.5 Å². The lowest BCUT2D eigenvalue weighted by Crippen LogP contribution is -2.11. The van der Waals surface area contributed by atoms with E-state index in [0.29, 0.717) is 13.1 Å². The first-order valence-corrected chi connectivity index (χ1v) is 1.32. The zero-order valence-corrected chi connectivity index (χ0v) is 4.07. The summed E-state index contributed by atoms with van der Waals surface area (Å²) in [6.45, 7) is 1.19. The summed E-state index contributed by atoms with van der Waals surface area (Å²) in [6.07, 6.45) is 0. The minimum atomic E-state index is 0. The standard InChI is InChI=1S/C2H8N2.3H2O/c3-1-2-4;;;/h1-4H2;3*1H2. The Kier molecular flexibility index (Phi) is 172. The Balaban J connectivity index is -0.0000000150. The molecule has 0 spiro atoms. The van der Waals surface area contributed by atoms with E-state index < -0.39 is 0 Å². The largest absolute Gasteiger partial charge is 0.412 e. The molecular formula is C2H14N2O3. The van der Waals surface area contributed by atoms with E-state index in [4.69, 9.17) is 11.5 Å².